The number of rotatable bonds is 4. The number of hydrogen-bond donors (Lipinski definition) is 1. The molecule has 2 rings (SSSR count). The maximum atomic E-state index is 6.15. The third-order valence-corrected chi connectivity index (χ3v) is 4.02. The summed E-state index contributed by atoms with van der Waals surface area (Å²) in [5.74, 6) is 0. The lowest BCUT2D eigenvalue weighted by Gasteiger charge is -2.22. The van der Waals surface area contributed by atoms with E-state index in [0.29, 0.717) is 0 Å². The van der Waals surface area contributed by atoms with Crippen molar-refractivity contribution >= 4 is 11.6 Å². The van der Waals surface area contributed by atoms with Crippen LogP contribution in [-0.2, 0) is 0 Å². The molecule has 0 fully saturated rings. The summed E-state index contributed by atoms with van der Waals surface area (Å²) in [5.41, 5.74) is 6.53. The zero-order chi connectivity index (χ0) is 14.7. The molecule has 2 aromatic carbocycles. The number of benzene rings is 2. The molecule has 0 saturated carbocycles. The van der Waals surface area contributed by atoms with Gasteiger partial charge in [-0.05, 0) is 67.3 Å². The lowest BCUT2D eigenvalue weighted by atomic mass is 9.91. The molecule has 0 bridgehead atoms. The quantitative estimate of drug-likeness (QED) is 0.838. The molecule has 0 aliphatic carbocycles. The lowest BCUT2D eigenvalue weighted by Crippen LogP contribution is -2.23. The number of halogens is 1. The Hall–Kier alpha value is -1.31. The SMILES string of the molecule is CCNC(c1cccc(Cl)c1)c1cc(C)c(C)cc1C. The molecular formula is C18H22ClN. The number of nitrogens with one attached hydrogen (secondary N) is 1. The molecule has 0 aliphatic rings. The van der Waals surface area contributed by atoms with Crippen molar-refractivity contribution in [3.05, 3.63) is 69.2 Å². The largest absolute Gasteiger partial charge is 0.307 e. The summed E-state index contributed by atoms with van der Waals surface area (Å²) >= 11 is 6.15. The summed E-state index contributed by atoms with van der Waals surface area (Å²) in [4.78, 5) is 0. The normalized spacial score (nSPS) is 12.4. The van der Waals surface area contributed by atoms with Gasteiger partial charge in [-0.15, -0.1) is 0 Å². The standard InChI is InChI=1S/C18H22ClN/c1-5-20-18(15-7-6-8-16(19)11-15)17-10-13(3)12(2)9-14(17)4/h6-11,18,20H,5H2,1-4H3. The predicted molar refractivity (Wildman–Crippen MR) is 87.6 cm³/mol. The first-order valence-corrected chi connectivity index (χ1v) is 7.47. The highest BCUT2D eigenvalue weighted by Crippen LogP contribution is 2.28. The highest BCUT2D eigenvalue weighted by Gasteiger charge is 2.16. The first kappa shape index (κ1) is 15.1. The van der Waals surface area contributed by atoms with Gasteiger partial charge in [0.2, 0.25) is 0 Å². The van der Waals surface area contributed by atoms with Crippen LogP contribution in [-0.4, -0.2) is 6.54 Å². The summed E-state index contributed by atoms with van der Waals surface area (Å²) < 4.78 is 0. The summed E-state index contributed by atoms with van der Waals surface area (Å²) in [7, 11) is 0. The first-order chi connectivity index (χ1) is 9.52. The van der Waals surface area contributed by atoms with Gasteiger partial charge in [-0.1, -0.05) is 42.8 Å². The van der Waals surface area contributed by atoms with E-state index in [-0.39, 0.29) is 6.04 Å². The smallest absolute Gasteiger partial charge is 0.0579 e. The Bertz CT molecular complexity index is 604. The van der Waals surface area contributed by atoms with Crippen molar-refractivity contribution in [3.8, 4) is 0 Å². The monoisotopic (exact) mass is 287 g/mol. The van der Waals surface area contributed by atoms with Crippen molar-refractivity contribution < 1.29 is 0 Å². The van der Waals surface area contributed by atoms with Crippen molar-refractivity contribution in [1.82, 2.24) is 5.32 Å². The van der Waals surface area contributed by atoms with E-state index < -0.39 is 0 Å². The molecule has 2 aromatic rings. The summed E-state index contributed by atoms with van der Waals surface area (Å²) in [5, 5.41) is 4.36. The van der Waals surface area contributed by atoms with Gasteiger partial charge in [0.05, 0.1) is 6.04 Å². The van der Waals surface area contributed by atoms with Crippen LogP contribution in [0, 0.1) is 20.8 Å². The maximum Gasteiger partial charge on any atom is 0.0579 e. The van der Waals surface area contributed by atoms with Gasteiger partial charge in [-0.25, -0.2) is 0 Å². The van der Waals surface area contributed by atoms with Gasteiger partial charge in [-0.3, -0.25) is 0 Å². The minimum atomic E-state index is 0.193. The highest BCUT2D eigenvalue weighted by molar-refractivity contribution is 6.30. The van der Waals surface area contributed by atoms with Crippen molar-refractivity contribution in [1.29, 1.82) is 0 Å². The van der Waals surface area contributed by atoms with Crippen LogP contribution in [0.1, 0.15) is 40.8 Å². The van der Waals surface area contributed by atoms with Gasteiger partial charge in [0.1, 0.15) is 0 Å². The van der Waals surface area contributed by atoms with Crippen molar-refractivity contribution in [2.75, 3.05) is 6.54 Å². The van der Waals surface area contributed by atoms with Gasteiger partial charge in [-0.2, -0.15) is 0 Å². The molecule has 0 spiro atoms. The van der Waals surface area contributed by atoms with Crippen LogP contribution in [0.3, 0.4) is 0 Å². The molecule has 0 amide bonds. The Balaban J connectivity index is 2.51. The van der Waals surface area contributed by atoms with E-state index >= 15 is 0 Å². The minimum absolute atomic E-state index is 0.193. The maximum absolute atomic E-state index is 6.15. The second-order valence-electron chi connectivity index (χ2n) is 5.34. The molecule has 1 atom stereocenters. The molecule has 1 N–H and O–H groups in total. The molecule has 0 heterocycles. The van der Waals surface area contributed by atoms with E-state index in [9.17, 15) is 0 Å². The molecule has 0 saturated heterocycles. The molecular weight excluding hydrogens is 266 g/mol. The van der Waals surface area contributed by atoms with Crippen LogP contribution in [0.4, 0.5) is 0 Å². The summed E-state index contributed by atoms with van der Waals surface area (Å²) in [6.07, 6.45) is 0. The molecule has 20 heavy (non-hydrogen) atoms. The molecule has 0 aromatic heterocycles. The van der Waals surface area contributed by atoms with Crippen LogP contribution in [0.2, 0.25) is 5.02 Å². The van der Waals surface area contributed by atoms with E-state index in [1.165, 1.54) is 27.8 Å². The number of hydrogen-bond acceptors (Lipinski definition) is 1. The minimum Gasteiger partial charge on any atom is -0.307 e. The lowest BCUT2D eigenvalue weighted by molar-refractivity contribution is 0.627. The molecule has 1 unspecified atom stereocenters. The van der Waals surface area contributed by atoms with Crippen molar-refractivity contribution in [3.63, 3.8) is 0 Å². The molecule has 0 aliphatic heterocycles. The second-order valence-corrected chi connectivity index (χ2v) is 5.78. The van der Waals surface area contributed by atoms with Gasteiger partial charge in [0.25, 0.3) is 0 Å². The Morgan fingerprint density at radius 1 is 1.00 bits per heavy atom. The molecule has 0 radical (unpaired) electrons. The Morgan fingerprint density at radius 3 is 2.35 bits per heavy atom. The van der Waals surface area contributed by atoms with Crippen molar-refractivity contribution in [2.45, 2.75) is 33.7 Å². The van der Waals surface area contributed by atoms with Gasteiger partial charge < -0.3 is 5.32 Å². The topological polar surface area (TPSA) is 12.0 Å². The average molecular weight is 288 g/mol. The predicted octanol–water partition coefficient (Wildman–Crippen LogP) is 4.96. The van der Waals surface area contributed by atoms with E-state index in [2.05, 4.69) is 51.2 Å². The van der Waals surface area contributed by atoms with Crippen LogP contribution in [0.5, 0.6) is 0 Å². The van der Waals surface area contributed by atoms with E-state index in [1.807, 2.05) is 18.2 Å². The van der Waals surface area contributed by atoms with Crippen LogP contribution < -0.4 is 5.32 Å². The molecule has 106 valence electrons. The van der Waals surface area contributed by atoms with Gasteiger partial charge in [0.15, 0.2) is 0 Å². The number of aryl methyl sites for hydroxylation is 3. The fourth-order valence-electron chi connectivity index (χ4n) is 2.59. The molecule has 1 nitrogen and oxygen atoms in total. The fourth-order valence-corrected chi connectivity index (χ4v) is 2.79. The zero-order valence-electron chi connectivity index (χ0n) is 12.6. The Morgan fingerprint density at radius 2 is 1.70 bits per heavy atom. The van der Waals surface area contributed by atoms with E-state index in [4.69, 9.17) is 11.6 Å². The Kier molecular flexibility index (Phi) is 4.85. The summed E-state index contributed by atoms with van der Waals surface area (Å²) in [6.45, 7) is 9.56. The second kappa shape index (κ2) is 6.43. The zero-order valence-corrected chi connectivity index (χ0v) is 13.4. The van der Waals surface area contributed by atoms with Crippen molar-refractivity contribution in [2.24, 2.45) is 0 Å². The van der Waals surface area contributed by atoms with Gasteiger partial charge >= 0.3 is 0 Å². The van der Waals surface area contributed by atoms with E-state index in [0.717, 1.165) is 11.6 Å². The molecule has 2 heteroatoms. The fraction of sp³-hybridized carbons (Fsp3) is 0.333. The van der Waals surface area contributed by atoms with E-state index in [1.54, 1.807) is 0 Å². The Labute approximate surface area is 127 Å². The first-order valence-electron chi connectivity index (χ1n) is 7.09. The highest BCUT2D eigenvalue weighted by atomic mass is 35.5. The average Bonchev–Trinajstić information content (AvgIpc) is 2.40. The summed E-state index contributed by atoms with van der Waals surface area (Å²) in [6, 6.07) is 12.9. The van der Waals surface area contributed by atoms with Crippen LogP contribution in [0.25, 0.3) is 0 Å². The van der Waals surface area contributed by atoms with Crippen LogP contribution in [0.15, 0.2) is 36.4 Å². The van der Waals surface area contributed by atoms with Gasteiger partial charge in [0, 0.05) is 5.02 Å². The third kappa shape index (κ3) is 3.23. The third-order valence-electron chi connectivity index (χ3n) is 3.78. The van der Waals surface area contributed by atoms with Crippen LogP contribution >= 0.6 is 11.6 Å².